The molecule has 0 saturated carbocycles. The van der Waals surface area contributed by atoms with Crippen molar-refractivity contribution in [3.8, 4) is 17.1 Å². The zero-order chi connectivity index (χ0) is 28.7. The molecule has 6 heterocycles. The molecular formula is C31H34ClF2N7O. The van der Waals surface area contributed by atoms with Crippen LogP contribution in [-0.2, 0) is 0 Å². The predicted octanol–water partition coefficient (Wildman–Crippen LogP) is 5.48. The van der Waals surface area contributed by atoms with E-state index >= 15 is 4.39 Å². The molecule has 4 atom stereocenters. The number of hydrogen-bond donors (Lipinski definition) is 2. The summed E-state index contributed by atoms with van der Waals surface area (Å²) in [5.74, 6) is 0.122. The molecule has 4 fully saturated rings. The summed E-state index contributed by atoms with van der Waals surface area (Å²) in [6.07, 6.45) is 3.66. The summed E-state index contributed by atoms with van der Waals surface area (Å²) in [7, 11) is 0. The topological polar surface area (TPSA) is 82.2 Å². The van der Waals surface area contributed by atoms with Gasteiger partial charge in [-0.25, -0.2) is 8.78 Å². The maximum absolute atomic E-state index is 16.9. The number of alkyl halides is 1. The molecule has 4 aliphatic rings. The molecule has 2 aromatic heterocycles. The first-order valence-electron chi connectivity index (χ1n) is 15.0. The fourth-order valence-electron chi connectivity index (χ4n) is 8.00. The summed E-state index contributed by atoms with van der Waals surface area (Å²) in [5, 5.41) is 12.8. The van der Waals surface area contributed by atoms with Crippen LogP contribution >= 0.6 is 11.6 Å². The van der Waals surface area contributed by atoms with Gasteiger partial charge >= 0.3 is 6.01 Å². The van der Waals surface area contributed by atoms with E-state index in [-0.39, 0.29) is 23.7 Å². The number of ether oxygens (including phenoxy) is 1. The summed E-state index contributed by atoms with van der Waals surface area (Å²) < 4.78 is 37.7. The molecule has 4 aromatic rings. The third kappa shape index (κ3) is 4.09. The standard InChI is InChI=1S/C31H34ClF2N7O/c1-16-4-7-23-25(17(2)38-39-23)24(16)26-22(32)10-21-28(27(26)34)36-30(37-29(21)40-13-19-5-6-20(14-40)35-19)42-15-31-8-3-9-41(31)12-18(33)11-31/h4,7,10,18-20,35H,3,5-6,8-9,11-15H2,1-2H3,(H,38,39)/t18-,19-,20+,31+/m1/s1. The minimum absolute atomic E-state index is 0.119. The molecule has 8 nitrogen and oxygen atoms in total. The number of anilines is 1. The Balaban J connectivity index is 1.28. The van der Waals surface area contributed by atoms with E-state index in [0.717, 1.165) is 67.5 Å². The summed E-state index contributed by atoms with van der Waals surface area (Å²) in [5.41, 5.74) is 3.28. The molecule has 0 aliphatic carbocycles. The number of halogens is 3. The molecule has 220 valence electrons. The van der Waals surface area contributed by atoms with Gasteiger partial charge in [0.1, 0.15) is 24.1 Å². The molecule has 0 radical (unpaired) electrons. The fraction of sp³-hybridized carbons (Fsp3) is 0.516. The van der Waals surface area contributed by atoms with E-state index in [1.54, 1.807) is 6.07 Å². The number of fused-ring (bicyclic) bond motifs is 5. The quantitative estimate of drug-likeness (QED) is 0.317. The number of aromatic nitrogens is 4. The van der Waals surface area contributed by atoms with E-state index in [4.69, 9.17) is 21.3 Å². The molecule has 42 heavy (non-hydrogen) atoms. The van der Waals surface area contributed by atoms with E-state index in [1.807, 2.05) is 26.0 Å². The van der Waals surface area contributed by atoms with Gasteiger partial charge in [-0.2, -0.15) is 15.1 Å². The van der Waals surface area contributed by atoms with Gasteiger partial charge in [-0.15, -0.1) is 0 Å². The average Bonchev–Trinajstić information content (AvgIpc) is 3.70. The van der Waals surface area contributed by atoms with E-state index in [2.05, 4.69) is 30.3 Å². The number of piperazine rings is 1. The number of nitrogens with zero attached hydrogens (tertiary/aromatic N) is 5. The summed E-state index contributed by atoms with van der Waals surface area (Å²) in [4.78, 5) is 14.0. The summed E-state index contributed by atoms with van der Waals surface area (Å²) >= 11 is 6.95. The van der Waals surface area contributed by atoms with Crippen molar-refractivity contribution in [2.45, 2.75) is 69.7 Å². The van der Waals surface area contributed by atoms with Gasteiger partial charge in [0.15, 0.2) is 5.82 Å². The van der Waals surface area contributed by atoms with Crippen molar-refractivity contribution in [2.75, 3.05) is 37.7 Å². The Bertz CT molecular complexity index is 1720. The van der Waals surface area contributed by atoms with E-state index < -0.39 is 12.0 Å². The van der Waals surface area contributed by atoms with E-state index in [0.29, 0.717) is 52.4 Å². The van der Waals surface area contributed by atoms with Crippen LogP contribution in [0.15, 0.2) is 18.2 Å². The first-order chi connectivity index (χ1) is 20.3. The zero-order valence-corrected chi connectivity index (χ0v) is 24.6. The van der Waals surface area contributed by atoms with Gasteiger partial charge in [0.25, 0.3) is 0 Å². The Morgan fingerprint density at radius 2 is 1.93 bits per heavy atom. The van der Waals surface area contributed by atoms with Crippen LogP contribution in [0.5, 0.6) is 6.01 Å². The highest BCUT2D eigenvalue weighted by molar-refractivity contribution is 6.35. The second-order valence-corrected chi connectivity index (χ2v) is 13.1. The number of aromatic amines is 1. The van der Waals surface area contributed by atoms with E-state index in [9.17, 15) is 4.39 Å². The first kappa shape index (κ1) is 26.5. The Hall–Kier alpha value is -3.08. The SMILES string of the molecule is Cc1ccc2n[nH]c(C)c2c1-c1c(Cl)cc2c(N3C[C@H]4CC[C@@H](C3)N4)nc(OC[C@@]34CCCN3C[C@H](F)C4)nc2c1F. The molecule has 0 spiro atoms. The highest BCUT2D eigenvalue weighted by Crippen LogP contribution is 2.44. The van der Waals surface area contributed by atoms with Gasteiger partial charge in [-0.05, 0) is 63.8 Å². The lowest BCUT2D eigenvalue weighted by molar-refractivity contribution is 0.107. The van der Waals surface area contributed by atoms with Crippen LogP contribution in [0, 0.1) is 19.7 Å². The molecule has 2 bridgehead atoms. The summed E-state index contributed by atoms with van der Waals surface area (Å²) in [6, 6.07) is 6.48. The highest BCUT2D eigenvalue weighted by atomic mass is 35.5. The molecule has 4 saturated heterocycles. The largest absolute Gasteiger partial charge is 0.461 e. The van der Waals surface area contributed by atoms with Crippen LogP contribution in [0.25, 0.3) is 32.9 Å². The normalized spacial score (nSPS) is 27.5. The van der Waals surface area contributed by atoms with Gasteiger partial charge in [0.2, 0.25) is 0 Å². The lowest BCUT2D eigenvalue weighted by Gasteiger charge is -2.34. The second kappa shape index (κ2) is 9.72. The van der Waals surface area contributed by atoms with Crippen LogP contribution in [0.2, 0.25) is 5.02 Å². The van der Waals surface area contributed by atoms with Gasteiger partial charge in [-0.1, -0.05) is 17.7 Å². The highest BCUT2D eigenvalue weighted by Gasteiger charge is 2.49. The van der Waals surface area contributed by atoms with Crippen LogP contribution in [0.3, 0.4) is 0 Å². The first-order valence-corrected chi connectivity index (χ1v) is 15.3. The molecule has 0 unspecified atom stereocenters. The van der Waals surface area contributed by atoms with Gasteiger partial charge < -0.3 is 15.0 Å². The fourth-order valence-corrected chi connectivity index (χ4v) is 8.29. The third-order valence-electron chi connectivity index (χ3n) is 9.95. The lowest BCUT2D eigenvalue weighted by Crippen LogP contribution is -2.51. The number of nitrogens with one attached hydrogen (secondary N) is 2. The smallest absolute Gasteiger partial charge is 0.319 e. The molecule has 4 aliphatic heterocycles. The minimum Gasteiger partial charge on any atom is -0.461 e. The predicted molar refractivity (Wildman–Crippen MR) is 160 cm³/mol. The number of benzene rings is 2. The maximum Gasteiger partial charge on any atom is 0.319 e. The second-order valence-electron chi connectivity index (χ2n) is 12.7. The van der Waals surface area contributed by atoms with Crippen LogP contribution in [0.4, 0.5) is 14.6 Å². The lowest BCUT2D eigenvalue weighted by atomic mass is 9.94. The minimum atomic E-state index is -0.863. The molecule has 0 amide bonds. The zero-order valence-electron chi connectivity index (χ0n) is 23.8. The van der Waals surface area contributed by atoms with Crippen LogP contribution in [0.1, 0.15) is 43.4 Å². The van der Waals surface area contributed by atoms with Crippen molar-refractivity contribution >= 4 is 39.2 Å². The van der Waals surface area contributed by atoms with Crippen molar-refractivity contribution in [2.24, 2.45) is 0 Å². The van der Waals surface area contributed by atoms with Gasteiger partial charge in [0.05, 0.1) is 16.1 Å². The molecule has 2 aromatic carbocycles. The maximum atomic E-state index is 16.9. The van der Waals surface area contributed by atoms with Crippen LogP contribution < -0.4 is 15.0 Å². The monoisotopic (exact) mass is 593 g/mol. The number of rotatable bonds is 5. The third-order valence-corrected chi connectivity index (χ3v) is 10.2. The van der Waals surface area contributed by atoms with E-state index in [1.165, 1.54) is 0 Å². The van der Waals surface area contributed by atoms with Crippen molar-refractivity contribution in [3.63, 3.8) is 0 Å². The van der Waals surface area contributed by atoms with Gasteiger partial charge in [0, 0.05) is 65.7 Å². The van der Waals surface area contributed by atoms with Crippen molar-refractivity contribution in [3.05, 3.63) is 40.3 Å². The molecule has 2 N–H and O–H groups in total. The number of H-pyrrole nitrogens is 1. The molecular weight excluding hydrogens is 560 g/mol. The number of hydrogen-bond acceptors (Lipinski definition) is 7. The average molecular weight is 594 g/mol. The molecule has 11 heteroatoms. The summed E-state index contributed by atoms with van der Waals surface area (Å²) in [6.45, 7) is 6.97. The van der Waals surface area contributed by atoms with Crippen molar-refractivity contribution in [1.82, 2.24) is 30.4 Å². The van der Waals surface area contributed by atoms with Crippen molar-refractivity contribution in [1.29, 1.82) is 0 Å². The van der Waals surface area contributed by atoms with Gasteiger partial charge in [-0.3, -0.25) is 10.00 Å². The number of aryl methyl sites for hydroxylation is 2. The molecule has 8 rings (SSSR count). The Morgan fingerprint density at radius 3 is 2.74 bits per heavy atom. The van der Waals surface area contributed by atoms with Crippen molar-refractivity contribution < 1.29 is 13.5 Å². The Labute approximate surface area is 247 Å². The van der Waals surface area contributed by atoms with Crippen LogP contribution in [-0.4, -0.2) is 81.6 Å². The Kier molecular flexibility index (Phi) is 6.14. The Morgan fingerprint density at radius 1 is 1.12 bits per heavy atom.